The molecule has 0 bridgehead atoms. The SMILES string of the molecule is C[C@@H]1OC(=O)N(c2ccc(C#N)c(C(F)(F)F)c2)[C@H]1[C@H](O)C(F)(F)F. The Hall–Kier alpha value is -2.48. The van der Waals surface area contributed by atoms with Crippen LogP contribution in [-0.2, 0) is 10.9 Å². The predicted molar refractivity (Wildman–Crippen MR) is 70.4 cm³/mol. The molecule has 1 aromatic rings. The molecule has 1 fully saturated rings. The Bertz CT molecular complexity index is 725. The second-order valence-corrected chi connectivity index (χ2v) is 5.28. The fraction of sp³-hybridized carbons (Fsp3) is 0.429. The largest absolute Gasteiger partial charge is 0.444 e. The van der Waals surface area contributed by atoms with Crippen LogP contribution in [-0.4, -0.2) is 35.6 Å². The van der Waals surface area contributed by atoms with E-state index in [1.165, 1.54) is 6.07 Å². The first kappa shape index (κ1) is 18.9. The van der Waals surface area contributed by atoms with Gasteiger partial charge in [-0.3, -0.25) is 4.90 Å². The fourth-order valence-electron chi connectivity index (χ4n) is 2.50. The van der Waals surface area contributed by atoms with Crippen molar-refractivity contribution in [2.45, 2.75) is 37.5 Å². The molecular formula is C14H10F6N2O3. The molecule has 11 heteroatoms. The lowest BCUT2D eigenvalue weighted by molar-refractivity contribution is -0.212. The third-order valence-electron chi connectivity index (χ3n) is 3.63. The first-order chi connectivity index (χ1) is 11.4. The van der Waals surface area contributed by atoms with E-state index in [1.54, 1.807) is 0 Å². The van der Waals surface area contributed by atoms with E-state index in [0.717, 1.165) is 19.1 Å². The zero-order valence-electron chi connectivity index (χ0n) is 12.4. The molecule has 0 aromatic heterocycles. The summed E-state index contributed by atoms with van der Waals surface area (Å²) in [5.74, 6) is 0. The Morgan fingerprint density at radius 2 is 1.88 bits per heavy atom. The number of anilines is 1. The van der Waals surface area contributed by atoms with E-state index in [1.807, 2.05) is 0 Å². The molecule has 1 amide bonds. The first-order valence-electron chi connectivity index (χ1n) is 6.74. The Balaban J connectivity index is 2.55. The van der Waals surface area contributed by atoms with E-state index in [0.29, 0.717) is 11.0 Å². The number of aliphatic hydroxyl groups is 1. The number of nitriles is 1. The van der Waals surface area contributed by atoms with Crippen molar-refractivity contribution in [3.05, 3.63) is 29.3 Å². The van der Waals surface area contributed by atoms with Crippen LogP contribution in [0.15, 0.2) is 18.2 Å². The van der Waals surface area contributed by atoms with E-state index in [4.69, 9.17) is 5.26 Å². The van der Waals surface area contributed by atoms with Crippen LogP contribution in [0, 0.1) is 11.3 Å². The van der Waals surface area contributed by atoms with Crippen molar-refractivity contribution >= 4 is 11.8 Å². The van der Waals surface area contributed by atoms with Gasteiger partial charge in [0.15, 0.2) is 6.10 Å². The van der Waals surface area contributed by atoms with Gasteiger partial charge in [0, 0.05) is 5.69 Å². The topological polar surface area (TPSA) is 73.6 Å². The molecule has 5 nitrogen and oxygen atoms in total. The van der Waals surface area contributed by atoms with Gasteiger partial charge in [-0.15, -0.1) is 0 Å². The molecule has 0 saturated carbocycles. The number of rotatable bonds is 2. The summed E-state index contributed by atoms with van der Waals surface area (Å²) >= 11 is 0. The summed E-state index contributed by atoms with van der Waals surface area (Å²) in [6, 6.07) is 1.32. The fourth-order valence-corrected chi connectivity index (χ4v) is 2.50. The van der Waals surface area contributed by atoms with Gasteiger partial charge in [0.2, 0.25) is 0 Å². The number of ether oxygens (including phenoxy) is 1. The number of aliphatic hydroxyl groups excluding tert-OH is 1. The van der Waals surface area contributed by atoms with Gasteiger partial charge in [0.05, 0.1) is 17.2 Å². The normalized spacial score (nSPS) is 22.5. The summed E-state index contributed by atoms with van der Waals surface area (Å²) in [6.45, 7) is 1.08. The summed E-state index contributed by atoms with van der Waals surface area (Å²) < 4.78 is 82.1. The summed E-state index contributed by atoms with van der Waals surface area (Å²) in [6.07, 6.45) is -15.9. The molecule has 25 heavy (non-hydrogen) atoms. The molecule has 1 N–H and O–H groups in total. The average Bonchev–Trinajstić information content (AvgIpc) is 2.78. The van der Waals surface area contributed by atoms with Crippen molar-refractivity contribution in [1.29, 1.82) is 5.26 Å². The van der Waals surface area contributed by atoms with Crippen LogP contribution in [0.5, 0.6) is 0 Å². The molecule has 0 aliphatic carbocycles. The standard InChI is InChI=1S/C14H10F6N2O3/c1-6-10(11(23)14(18,19)20)22(12(24)25-6)8-3-2-7(5-21)9(4-8)13(15,16)17/h2-4,6,10-11,23H,1H3/t6-,10+,11-/m0/s1. The van der Waals surface area contributed by atoms with Gasteiger partial charge in [-0.1, -0.05) is 0 Å². The number of alkyl halides is 6. The van der Waals surface area contributed by atoms with Crippen LogP contribution in [0.2, 0.25) is 0 Å². The van der Waals surface area contributed by atoms with Crippen LogP contribution < -0.4 is 4.90 Å². The molecule has 3 atom stereocenters. The molecule has 1 heterocycles. The molecule has 1 saturated heterocycles. The molecule has 0 radical (unpaired) electrons. The highest BCUT2D eigenvalue weighted by Crippen LogP contribution is 2.38. The lowest BCUT2D eigenvalue weighted by Gasteiger charge is -2.29. The summed E-state index contributed by atoms with van der Waals surface area (Å²) in [5.41, 5.74) is -2.75. The van der Waals surface area contributed by atoms with Crippen LogP contribution in [0.4, 0.5) is 36.8 Å². The zero-order valence-corrected chi connectivity index (χ0v) is 12.4. The minimum atomic E-state index is -5.12. The van der Waals surface area contributed by atoms with Gasteiger partial charge >= 0.3 is 18.4 Å². The first-order valence-corrected chi connectivity index (χ1v) is 6.74. The molecule has 2 rings (SSSR count). The molecule has 1 aliphatic heterocycles. The van der Waals surface area contributed by atoms with Crippen molar-refractivity contribution in [3.63, 3.8) is 0 Å². The average molecular weight is 368 g/mol. The molecule has 1 aliphatic rings. The van der Waals surface area contributed by atoms with Crippen molar-refractivity contribution in [3.8, 4) is 6.07 Å². The minimum Gasteiger partial charge on any atom is -0.444 e. The second kappa shape index (κ2) is 6.11. The number of hydrogen-bond donors (Lipinski definition) is 1. The lowest BCUT2D eigenvalue weighted by Crippen LogP contribution is -2.51. The number of benzene rings is 1. The molecular weight excluding hydrogens is 358 g/mol. The number of halogens is 6. The van der Waals surface area contributed by atoms with Gasteiger partial charge in [0.25, 0.3) is 0 Å². The van der Waals surface area contributed by atoms with Crippen molar-refractivity contribution < 1.29 is 41.0 Å². The molecule has 1 aromatic carbocycles. The third-order valence-corrected chi connectivity index (χ3v) is 3.63. The maximum absolute atomic E-state index is 13.0. The predicted octanol–water partition coefficient (Wildman–Crippen LogP) is 3.21. The number of carbonyl (C=O) groups is 1. The van der Waals surface area contributed by atoms with Crippen LogP contribution in [0.1, 0.15) is 18.1 Å². The van der Waals surface area contributed by atoms with Crippen LogP contribution >= 0.6 is 0 Å². The number of carbonyl (C=O) groups excluding carboxylic acids is 1. The third kappa shape index (κ3) is 3.48. The number of hydrogen-bond acceptors (Lipinski definition) is 4. The van der Waals surface area contributed by atoms with Gasteiger partial charge < -0.3 is 9.84 Å². The number of nitrogens with zero attached hydrogens (tertiary/aromatic N) is 2. The highest BCUT2D eigenvalue weighted by atomic mass is 19.4. The van der Waals surface area contributed by atoms with E-state index in [2.05, 4.69) is 4.74 Å². The van der Waals surface area contributed by atoms with E-state index >= 15 is 0 Å². The smallest absolute Gasteiger partial charge is 0.417 e. The van der Waals surface area contributed by atoms with E-state index < -0.39 is 53.5 Å². The molecule has 0 unspecified atom stereocenters. The van der Waals surface area contributed by atoms with Gasteiger partial charge in [-0.25, -0.2) is 4.79 Å². The van der Waals surface area contributed by atoms with Crippen LogP contribution in [0.25, 0.3) is 0 Å². The van der Waals surface area contributed by atoms with Crippen molar-refractivity contribution in [2.24, 2.45) is 0 Å². The molecule has 0 spiro atoms. The van der Waals surface area contributed by atoms with Crippen molar-refractivity contribution in [2.75, 3.05) is 4.90 Å². The quantitative estimate of drug-likeness (QED) is 0.814. The minimum absolute atomic E-state index is 0.305. The van der Waals surface area contributed by atoms with Crippen LogP contribution in [0.3, 0.4) is 0 Å². The molecule has 136 valence electrons. The highest BCUT2D eigenvalue weighted by Gasteiger charge is 2.54. The van der Waals surface area contributed by atoms with Gasteiger partial charge in [0.1, 0.15) is 12.1 Å². The monoisotopic (exact) mass is 368 g/mol. The van der Waals surface area contributed by atoms with Gasteiger partial charge in [-0.2, -0.15) is 31.6 Å². The number of cyclic esters (lactones) is 1. The van der Waals surface area contributed by atoms with E-state index in [-0.39, 0.29) is 0 Å². The van der Waals surface area contributed by atoms with Crippen molar-refractivity contribution in [1.82, 2.24) is 0 Å². The maximum Gasteiger partial charge on any atom is 0.417 e. The Morgan fingerprint density at radius 3 is 2.36 bits per heavy atom. The zero-order chi connectivity index (χ0) is 19.2. The second-order valence-electron chi connectivity index (χ2n) is 5.28. The van der Waals surface area contributed by atoms with E-state index in [9.17, 15) is 36.2 Å². The maximum atomic E-state index is 13.0. The Morgan fingerprint density at radius 1 is 1.28 bits per heavy atom. The summed E-state index contributed by atoms with van der Waals surface area (Å²) in [7, 11) is 0. The summed E-state index contributed by atoms with van der Waals surface area (Å²) in [5, 5.41) is 18.2. The summed E-state index contributed by atoms with van der Waals surface area (Å²) in [4.78, 5) is 12.1. The highest BCUT2D eigenvalue weighted by molar-refractivity contribution is 5.91. The number of amides is 1. The Labute approximate surface area is 137 Å². The lowest BCUT2D eigenvalue weighted by atomic mass is 10.0. The van der Waals surface area contributed by atoms with Gasteiger partial charge in [-0.05, 0) is 25.1 Å². The Kier molecular flexibility index (Phi) is 4.61.